The summed E-state index contributed by atoms with van der Waals surface area (Å²) in [6.07, 6.45) is 2.06. The quantitative estimate of drug-likeness (QED) is 0.791. The first-order valence-electron chi connectivity index (χ1n) is 5.73. The third kappa shape index (κ3) is 4.42. The minimum absolute atomic E-state index is 0.167. The van der Waals surface area contributed by atoms with E-state index in [1.807, 2.05) is 11.4 Å². The van der Waals surface area contributed by atoms with Gasteiger partial charge in [0.05, 0.1) is 5.75 Å². The van der Waals surface area contributed by atoms with Crippen LogP contribution < -0.4 is 4.72 Å². The molecule has 0 amide bonds. The van der Waals surface area contributed by atoms with E-state index in [0.717, 1.165) is 23.3 Å². The van der Waals surface area contributed by atoms with E-state index < -0.39 is 10.0 Å². The van der Waals surface area contributed by atoms with Gasteiger partial charge in [-0.15, -0.1) is 11.3 Å². The van der Waals surface area contributed by atoms with E-state index in [4.69, 9.17) is 5.11 Å². The molecule has 1 aromatic rings. The smallest absolute Gasteiger partial charge is 0.212 e. The van der Waals surface area contributed by atoms with Crippen LogP contribution in [0.1, 0.15) is 23.3 Å². The fourth-order valence-electron chi connectivity index (χ4n) is 1.52. The number of aliphatic hydroxyl groups excluding tert-OH is 1. The maximum Gasteiger partial charge on any atom is 0.212 e. The Morgan fingerprint density at radius 3 is 2.94 bits per heavy atom. The first-order chi connectivity index (χ1) is 8.59. The summed E-state index contributed by atoms with van der Waals surface area (Å²) in [6, 6.07) is 1.84. The van der Waals surface area contributed by atoms with Crippen molar-refractivity contribution in [3.05, 3.63) is 21.9 Å². The van der Waals surface area contributed by atoms with Crippen molar-refractivity contribution < 1.29 is 13.5 Å². The zero-order valence-electron chi connectivity index (χ0n) is 9.85. The molecule has 1 heterocycles. The van der Waals surface area contributed by atoms with Gasteiger partial charge in [-0.3, -0.25) is 0 Å². The maximum atomic E-state index is 11.7. The van der Waals surface area contributed by atoms with Crippen molar-refractivity contribution in [1.29, 1.82) is 0 Å². The fraction of sp³-hybridized carbons (Fsp3) is 0.500. The van der Waals surface area contributed by atoms with E-state index in [9.17, 15) is 8.42 Å². The van der Waals surface area contributed by atoms with Crippen molar-refractivity contribution in [1.82, 2.24) is 4.72 Å². The van der Waals surface area contributed by atoms with Crippen molar-refractivity contribution in [2.45, 2.75) is 19.4 Å². The predicted octanol–water partition coefficient (Wildman–Crippen LogP) is 0.921. The third-order valence-corrected chi connectivity index (χ3v) is 5.02. The molecule has 1 fully saturated rings. The van der Waals surface area contributed by atoms with Crippen LogP contribution in [0, 0.1) is 17.8 Å². The van der Waals surface area contributed by atoms with E-state index in [-0.39, 0.29) is 12.4 Å². The molecule has 0 atom stereocenters. The van der Waals surface area contributed by atoms with Gasteiger partial charge in [0, 0.05) is 22.4 Å². The summed E-state index contributed by atoms with van der Waals surface area (Å²) >= 11 is 1.46. The molecule has 0 bridgehead atoms. The summed E-state index contributed by atoms with van der Waals surface area (Å²) in [5.74, 6) is 5.95. The Kier molecular flexibility index (Phi) is 4.40. The van der Waals surface area contributed by atoms with Gasteiger partial charge in [0.2, 0.25) is 10.0 Å². The van der Waals surface area contributed by atoms with Crippen LogP contribution in [0.5, 0.6) is 0 Å². The summed E-state index contributed by atoms with van der Waals surface area (Å²) in [4.78, 5) is 0.927. The van der Waals surface area contributed by atoms with Gasteiger partial charge in [-0.2, -0.15) is 0 Å². The molecule has 18 heavy (non-hydrogen) atoms. The summed E-state index contributed by atoms with van der Waals surface area (Å²) < 4.78 is 25.9. The SMILES string of the molecule is O=S(=O)(CC1CC1)NCc1cc(C#CCO)cs1. The van der Waals surface area contributed by atoms with Crippen molar-refractivity contribution in [2.75, 3.05) is 12.4 Å². The minimum Gasteiger partial charge on any atom is -0.384 e. The Morgan fingerprint density at radius 2 is 2.28 bits per heavy atom. The number of sulfonamides is 1. The van der Waals surface area contributed by atoms with Crippen molar-refractivity contribution in [2.24, 2.45) is 5.92 Å². The van der Waals surface area contributed by atoms with E-state index in [1.54, 1.807) is 0 Å². The lowest BCUT2D eigenvalue weighted by Crippen LogP contribution is -2.26. The molecule has 0 saturated heterocycles. The second-order valence-corrected chi connectivity index (χ2v) is 7.15. The molecule has 1 aliphatic rings. The first-order valence-corrected chi connectivity index (χ1v) is 8.27. The lowest BCUT2D eigenvalue weighted by atomic mass is 10.3. The van der Waals surface area contributed by atoms with Crippen LogP contribution in [0.4, 0.5) is 0 Å². The van der Waals surface area contributed by atoms with Crippen molar-refractivity contribution in [3.63, 3.8) is 0 Å². The average molecular weight is 285 g/mol. The highest BCUT2D eigenvalue weighted by Gasteiger charge is 2.27. The molecule has 0 aliphatic heterocycles. The van der Waals surface area contributed by atoms with Gasteiger partial charge >= 0.3 is 0 Å². The molecule has 6 heteroatoms. The molecule has 1 aromatic heterocycles. The number of rotatable bonds is 5. The van der Waals surface area contributed by atoms with Gasteiger partial charge in [0.25, 0.3) is 0 Å². The van der Waals surface area contributed by atoms with Crippen LogP contribution in [0.2, 0.25) is 0 Å². The van der Waals surface area contributed by atoms with Crippen LogP contribution in [-0.4, -0.2) is 25.9 Å². The van der Waals surface area contributed by atoms with Gasteiger partial charge in [0.15, 0.2) is 0 Å². The maximum absolute atomic E-state index is 11.7. The number of aliphatic hydroxyl groups is 1. The molecule has 4 nitrogen and oxygen atoms in total. The predicted molar refractivity (Wildman–Crippen MR) is 71.6 cm³/mol. The molecule has 2 rings (SSSR count). The Bertz CT molecular complexity index is 562. The number of thiophene rings is 1. The Morgan fingerprint density at radius 1 is 1.50 bits per heavy atom. The Labute approximate surface area is 111 Å². The van der Waals surface area contributed by atoms with E-state index >= 15 is 0 Å². The number of nitrogens with one attached hydrogen (secondary N) is 1. The molecular formula is C12H15NO3S2. The molecular weight excluding hydrogens is 270 g/mol. The van der Waals surface area contributed by atoms with Crippen molar-refractivity contribution >= 4 is 21.4 Å². The standard InChI is InChI=1S/C12H15NO3S2/c14-5-1-2-11-6-12(17-8-11)7-13-18(15,16)9-10-3-4-10/h6,8,10,13-14H,3-5,7,9H2. The number of hydrogen-bond acceptors (Lipinski definition) is 4. The van der Waals surface area contributed by atoms with Crippen LogP contribution in [0.3, 0.4) is 0 Å². The molecule has 0 spiro atoms. The highest BCUT2D eigenvalue weighted by atomic mass is 32.2. The highest BCUT2D eigenvalue weighted by Crippen LogP contribution is 2.30. The van der Waals surface area contributed by atoms with E-state index in [1.165, 1.54) is 11.3 Å². The summed E-state index contributed by atoms with van der Waals surface area (Å²) in [5.41, 5.74) is 0.811. The first kappa shape index (κ1) is 13.6. The van der Waals surface area contributed by atoms with Gasteiger partial charge in [-0.25, -0.2) is 13.1 Å². The highest BCUT2D eigenvalue weighted by molar-refractivity contribution is 7.89. The van der Waals surface area contributed by atoms with Crippen LogP contribution in [-0.2, 0) is 16.6 Å². The van der Waals surface area contributed by atoms with E-state index in [2.05, 4.69) is 16.6 Å². The van der Waals surface area contributed by atoms with Crippen molar-refractivity contribution in [3.8, 4) is 11.8 Å². The summed E-state index contributed by atoms with van der Waals surface area (Å²) in [5, 5.41) is 10.4. The lowest BCUT2D eigenvalue weighted by molar-refractivity contribution is 0.350. The second kappa shape index (κ2) is 5.85. The molecule has 0 radical (unpaired) electrons. The van der Waals surface area contributed by atoms with Crippen LogP contribution in [0.25, 0.3) is 0 Å². The fourth-order valence-corrected chi connectivity index (χ4v) is 3.81. The largest absolute Gasteiger partial charge is 0.384 e. The topological polar surface area (TPSA) is 66.4 Å². The average Bonchev–Trinajstić information content (AvgIpc) is 3.00. The Balaban J connectivity index is 1.87. The number of hydrogen-bond donors (Lipinski definition) is 2. The molecule has 2 N–H and O–H groups in total. The third-order valence-electron chi connectivity index (χ3n) is 2.58. The second-order valence-electron chi connectivity index (χ2n) is 4.31. The van der Waals surface area contributed by atoms with Gasteiger partial charge in [-0.1, -0.05) is 11.8 Å². The van der Waals surface area contributed by atoms with Crippen LogP contribution in [0.15, 0.2) is 11.4 Å². The summed E-state index contributed by atoms with van der Waals surface area (Å²) in [6.45, 7) is 0.153. The molecule has 1 aliphatic carbocycles. The zero-order valence-corrected chi connectivity index (χ0v) is 11.5. The normalized spacial score (nSPS) is 15.2. The lowest BCUT2D eigenvalue weighted by Gasteiger charge is -2.03. The van der Waals surface area contributed by atoms with Crippen LogP contribution >= 0.6 is 11.3 Å². The molecule has 0 unspecified atom stereocenters. The Hall–Kier alpha value is -0.870. The molecule has 1 saturated carbocycles. The van der Waals surface area contributed by atoms with Gasteiger partial charge in [0.1, 0.15) is 6.61 Å². The summed E-state index contributed by atoms with van der Waals surface area (Å²) in [7, 11) is -3.14. The zero-order chi connectivity index (χ0) is 13.0. The van der Waals surface area contributed by atoms with Gasteiger partial charge in [-0.05, 0) is 24.8 Å². The minimum atomic E-state index is -3.14. The van der Waals surface area contributed by atoms with E-state index in [0.29, 0.717) is 12.5 Å². The molecule has 0 aromatic carbocycles. The monoisotopic (exact) mass is 285 g/mol. The molecule has 98 valence electrons. The van der Waals surface area contributed by atoms with Gasteiger partial charge < -0.3 is 5.11 Å².